The Morgan fingerprint density at radius 3 is 2.43 bits per heavy atom. The molecule has 0 fully saturated rings. The van der Waals surface area contributed by atoms with Crippen molar-refractivity contribution < 1.29 is 18.0 Å². The molecule has 2 aromatic heterocycles. The number of halogens is 4. The molecule has 5 nitrogen and oxygen atoms in total. The van der Waals surface area contributed by atoms with Crippen LogP contribution in [0.25, 0.3) is 5.65 Å². The van der Waals surface area contributed by atoms with Gasteiger partial charge in [0.1, 0.15) is 0 Å². The highest BCUT2D eigenvalue weighted by molar-refractivity contribution is 7.99. The zero-order valence-electron chi connectivity index (χ0n) is 16.6. The van der Waals surface area contributed by atoms with Crippen LogP contribution in [0.1, 0.15) is 31.9 Å². The van der Waals surface area contributed by atoms with Gasteiger partial charge in [0.2, 0.25) is 5.91 Å². The van der Waals surface area contributed by atoms with Crippen LogP contribution in [0.15, 0.2) is 47.8 Å². The lowest BCUT2D eigenvalue weighted by molar-refractivity contribution is -0.138. The number of rotatable bonds is 5. The fourth-order valence-corrected chi connectivity index (χ4v) is 3.89. The number of alkyl halides is 3. The van der Waals surface area contributed by atoms with E-state index in [1.807, 2.05) is 51.1 Å². The molecule has 1 amide bonds. The number of aromatic nitrogens is 3. The van der Waals surface area contributed by atoms with Crippen LogP contribution in [0, 0.1) is 0 Å². The number of amides is 1. The van der Waals surface area contributed by atoms with E-state index in [0.717, 1.165) is 29.6 Å². The molecule has 0 saturated heterocycles. The van der Waals surface area contributed by atoms with Crippen molar-refractivity contribution in [2.24, 2.45) is 0 Å². The molecule has 0 aliphatic heterocycles. The largest absolute Gasteiger partial charge is 0.417 e. The second kappa shape index (κ2) is 8.47. The summed E-state index contributed by atoms with van der Waals surface area (Å²) >= 11 is 6.96. The molecule has 0 N–H and O–H groups in total. The fourth-order valence-electron chi connectivity index (χ4n) is 2.86. The van der Waals surface area contributed by atoms with Crippen LogP contribution >= 0.6 is 23.4 Å². The molecular formula is C20H20ClF3N4OS. The highest BCUT2D eigenvalue weighted by atomic mass is 35.5. The number of benzene rings is 1. The zero-order chi connectivity index (χ0) is 22.1. The first kappa shape index (κ1) is 22.4. The van der Waals surface area contributed by atoms with E-state index >= 15 is 0 Å². The summed E-state index contributed by atoms with van der Waals surface area (Å²) in [5.74, 6) is -0.162. The topological polar surface area (TPSA) is 50.5 Å². The highest BCUT2D eigenvalue weighted by Crippen LogP contribution is 2.33. The van der Waals surface area contributed by atoms with Crippen LogP contribution in [0.4, 0.5) is 13.2 Å². The number of hydrogen-bond donors (Lipinski definition) is 0. The van der Waals surface area contributed by atoms with Crippen LogP contribution in [0.5, 0.6) is 0 Å². The summed E-state index contributed by atoms with van der Waals surface area (Å²) in [6.07, 6.45) is -3.67. The standard InChI is InChI=1S/C20H20ClF3N4OS/c1-19(2,3)28(10-13-7-5-4-6-8-13)16(29)12-30-18-26-25-17-15(21)9-14(11-27(17)18)20(22,23)24/h4-9,11H,10,12H2,1-3H3. The van der Waals surface area contributed by atoms with E-state index in [1.165, 1.54) is 4.40 Å². The summed E-state index contributed by atoms with van der Waals surface area (Å²) in [7, 11) is 0. The van der Waals surface area contributed by atoms with E-state index in [9.17, 15) is 18.0 Å². The first-order valence-corrected chi connectivity index (χ1v) is 10.4. The SMILES string of the molecule is CC(C)(C)N(Cc1ccccc1)C(=O)CSc1nnc2c(Cl)cc(C(F)(F)F)cn12. The molecular weight excluding hydrogens is 437 g/mol. The number of pyridine rings is 1. The molecule has 0 aliphatic rings. The van der Waals surface area contributed by atoms with Gasteiger partial charge in [-0.05, 0) is 32.4 Å². The van der Waals surface area contributed by atoms with Gasteiger partial charge < -0.3 is 4.90 Å². The van der Waals surface area contributed by atoms with Crippen molar-refractivity contribution in [2.45, 2.75) is 44.2 Å². The van der Waals surface area contributed by atoms with Crippen molar-refractivity contribution >= 4 is 34.9 Å². The minimum absolute atomic E-state index is 0.00123. The lowest BCUT2D eigenvalue weighted by atomic mass is 10.0. The number of nitrogens with zero attached hydrogens (tertiary/aromatic N) is 4. The molecule has 10 heteroatoms. The van der Waals surface area contributed by atoms with Crippen molar-refractivity contribution in [1.82, 2.24) is 19.5 Å². The van der Waals surface area contributed by atoms with Gasteiger partial charge in [-0.1, -0.05) is 53.7 Å². The van der Waals surface area contributed by atoms with Crippen molar-refractivity contribution in [1.29, 1.82) is 0 Å². The lowest BCUT2D eigenvalue weighted by Crippen LogP contribution is -2.45. The van der Waals surface area contributed by atoms with Crippen LogP contribution in [0.3, 0.4) is 0 Å². The Balaban J connectivity index is 1.81. The monoisotopic (exact) mass is 456 g/mol. The van der Waals surface area contributed by atoms with Crippen molar-refractivity contribution in [3.63, 3.8) is 0 Å². The molecule has 1 aromatic carbocycles. The summed E-state index contributed by atoms with van der Waals surface area (Å²) in [5, 5.41) is 7.77. The number of hydrogen-bond acceptors (Lipinski definition) is 4. The number of thioether (sulfide) groups is 1. The summed E-state index contributed by atoms with van der Waals surface area (Å²) in [5.41, 5.74) is -0.252. The number of fused-ring (bicyclic) bond motifs is 1. The third kappa shape index (κ3) is 5.07. The third-order valence-corrected chi connectivity index (χ3v) is 5.58. The Kier molecular flexibility index (Phi) is 6.33. The van der Waals surface area contributed by atoms with Crippen LogP contribution in [0.2, 0.25) is 5.02 Å². The normalized spacial score (nSPS) is 12.4. The first-order valence-electron chi connectivity index (χ1n) is 9.05. The van der Waals surface area contributed by atoms with Gasteiger partial charge in [0.15, 0.2) is 10.8 Å². The van der Waals surface area contributed by atoms with E-state index in [0.29, 0.717) is 6.54 Å². The van der Waals surface area contributed by atoms with Gasteiger partial charge in [-0.3, -0.25) is 9.20 Å². The number of carbonyl (C=O) groups excluding carboxylic acids is 1. The van der Waals surface area contributed by atoms with Gasteiger partial charge in [-0.15, -0.1) is 10.2 Å². The van der Waals surface area contributed by atoms with Crippen LogP contribution < -0.4 is 0 Å². The van der Waals surface area contributed by atoms with Crippen molar-refractivity contribution in [3.05, 3.63) is 58.7 Å². The summed E-state index contributed by atoms with van der Waals surface area (Å²) in [4.78, 5) is 14.7. The maximum atomic E-state index is 13.1. The molecule has 30 heavy (non-hydrogen) atoms. The van der Waals surface area contributed by atoms with Crippen molar-refractivity contribution in [3.8, 4) is 0 Å². The van der Waals surface area contributed by atoms with Gasteiger partial charge in [0, 0.05) is 18.3 Å². The predicted molar refractivity (Wildman–Crippen MR) is 110 cm³/mol. The number of carbonyl (C=O) groups is 1. The molecule has 3 rings (SSSR count). The Hall–Kier alpha value is -2.26. The molecule has 0 unspecified atom stereocenters. The lowest BCUT2D eigenvalue weighted by Gasteiger charge is -2.36. The molecule has 0 atom stereocenters. The molecule has 160 valence electrons. The van der Waals surface area contributed by atoms with Crippen LogP contribution in [-0.2, 0) is 17.5 Å². The molecule has 0 aliphatic carbocycles. The van der Waals surface area contributed by atoms with E-state index in [1.54, 1.807) is 4.90 Å². The Morgan fingerprint density at radius 1 is 1.17 bits per heavy atom. The smallest absolute Gasteiger partial charge is 0.333 e. The van der Waals surface area contributed by atoms with E-state index < -0.39 is 17.3 Å². The summed E-state index contributed by atoms with van der Waals surface area (Å²) in [6, 6.07) is 10.4. The van der Waals surface area contributed by atoms with Gasteiger partial charge in [0.05, 0.1) is 16.3 Å². The van der Waals surface area contributed by atoms with Gasteiger partial charge >= 0.3 is 6.18 Å². The molecule has 3 aromatic rings. The van der Waals surface area contributed by atoms with E-state index in [2.05, 4.69) is 10.2 Å². The average Bonchev–Trinajstić information content (AvgIpc) is 3.07. The van der Waals surface area contributed by atoms with Crippen molar-refractivity contribution in [2.75, 3.05) is 5.75 Å². The van der Waals surface area contributed by atoms with Crippen LogP contribution in [-0.4, -0.2) is 36.7 Å². The quantitative estimate of drug-likeness (QED) is 0.487. The highest BCUT2D eigenvalue weighted by Gasteiger charge is 2.32. The summed E-state index contributed by atoms with van der Waals surface area (Å²) in [6.45, 7) is 6.22. The second-order valence-corrected chi connectivity index (χ2v) is 9.03. The fraction of sp³-hybridized carbons (Fsp3) is 0.350. The van der Waals surface area contributed by atoms with Gasteiger partial charge in [-0.25, -0.2) is 0 Å². The predicted octanol–water partition coefficient (Wildman–Crippen LogP) is 5.32. The molecule has 0 radical (unpaired) electrons. The minimum Gasteiger partial charge on any atom is -0.333 e. The maximum Gasteiger partial charge on any atom is 0.417 e. The molecule has 2 heterocycles. The average molecular weight is 457 g/mol. The molecule has 0 spiro atoms. The minimum atomic E-state index is -4.56. The zero-order valence-corrected chi connectivity index (χ0v) is 18.1. The second-order valence-electron chi connectivity index (χ2n) is 7.68. The Labute approximate surface area is 181 Å². The molecule has 0 saturated carbocycles. The van der Waals surface area contributed by atoms with E-state index in [-0.39, 0.29) is 27.5 Å². The Bertz CT molecular complexity index is 1050. The Morgan fingerprint density at radius 2 is 1.83 bits per heavy atom. The first-order chi connectivity index (χ1) is 14.0. The van der Waals surface area contributed by atoms with Gasteiger partial charge in [0.25, 0.3) is 0 Å². The third-order valence-electron chi connectivity index (χ3n) is 4.37. The maximum absolute atomic E-state index is 13.1. The summed E-state index contributed by atoms with van der Waals surface area (Å²) < 4.78 is 40.5. The molecule has 0 bridgehead atoms. The van der Waals surface area contributed by atoms with E-state index in [4.69, 9.17) is 11.6 Å². The van der Waals surface area contributed by atoms with Gasteiger partial charge in [-0.2, -0.15) is 13.2 Å².